The minimum Gasteiger partial charge on any atom is -0.368 e. The highest BCUT2D eigenvalue weighted by molar-refractivity contribution is 5.77. The van der Waals surface area contributed by atoms with Gasteiger partial charge in [0, 0.05) is 0 Å². The van der Waals surface area contributed by atoms with Crippen LogP contribution in [0.4, 0.5) is 0 Å². The SMILES string of the molecule is CC(NOCC(N)=O)c1ccc2c(c1)Cc1ccccc1-2. The van der Waals surface area contributed by atoms with Crippen molar-refractivity contribution in [1.29, 1.82) is 0 Å². The molecule has 0 fully saturated rings. The predicted octanol–water partition coefficient (Wildman–Crippen LogP) is 2.33. The van der Waals surface area contributed by atoms with Gasteiger partial charge in [-0.1, -0.05) is 42.5 Å². The van der Waals surface area contributed by atoms with Gasteiger partial charge >= 0.3 is 0 Å². The topological polar surface area (TPSA) is 64.3 Å². The number of primary amides is 1. The standard InChI is InChI=1S/C17H18N2O2/c1-11(19-21-10-17(18)20)12-6-7-16-14(8-12)9-13-4-2-3-5-15(13)16/h2-8,11,19H,9-10H2,1H3,(H2,18,20). The van der Waals surface area contributed by atoms with Crippen molar-refractivity contribution in [3.63, 3.8) is 0 Å². The van der Waals surface area contributed by atoms with Crippen LogP contribution in [-0.4, -0.2) is 12.5 Å². The number of carbonyl (C=O) groups excluding carboxylic acids is 1. The normalized spacial score (nSPS) is 13.6. The summed E-state index contributed by atoms with van der Waals surface area (Å²) in [5, 5.41) is 0. The molecule has 1 aliphatic rings. The van der Waals surface area contributed by atoms with Crippen molar-refractivity contribution in [2.24, 2.45) is 5.73 Å². The lowest BCUT2D eigenvalue weighted by Gasteiger charge is -2.14. The smallest absolute Gasteiger partial charge is 0.245 e. The van der Waals surface area contributed by atoms with Crippen LogP contribution < -0.4 is 11.2 Å². The van der Waals surface area contributed by atoms with Gasteiger partial charge in [0.05, 0.1) is 6.04 Å². The van der Waals surface area contributed by atoms with E-state index < -0.39 is 5.91 Å². The van der Waals surface area contributed by atoms with Crippen LogP contribution in [0.3, 0.4) is 0 Å². The molecule has 0 aromatic heterocycles. The molecule has 0 spiro atoms. The molecule has 0 saturated carbocycles. The van der Waals surface area contributed by atoms with Crippen molar-refractivity contribution in [3.8, 4) is 11.1 Å². The summed E-state index contributed by atoms with van der Waals surface area (Å²) < 4.78 is 0. The van der Waals surface area contributed by atoms with E-state index in [2.05, 4.69) is 47.9 Å². The van der Waals surface area contributed by atoms with E-state index in [-0.39, 0.29) is 12.6 Å². The Morgan fingerprint density at radius 2 is 2.00 bits per heavy atom. The molecule has 1 amide bonds. The van der Waals surface area contributed by atoms with Crippen molar-refractivity contribution < 1.29 is 9.63 Å². The number of rotatable bonds is 5. The van der Waals surface area contributed by atoms with Gasteiger partial charge in [-0.2, -0.15) is 5.48 Å². The van der Waals surface area contributed by atoms with Crippen LogP contribution in [0.5, 0.6) is 0 Å². The van der Waals surface area contributed by atoms with Crippen molar-refractivity contribution in [1.82, 2.24) is 5.48 Å². The first kappa shape index (κ1) is 13.8. The van der Waals surface area contributed by atoms with E-state index >= 15 is 0 Å². The minimum atomic E-state index is -0.487. The molecule has 0 saturated heterocycles. The van der Waals surface area contributed by atoms with Crippen LogP contribution >= 0.6 is 0 Å². The zero-order valence-corrected chi connectivity index (χ0v) is 11.9. The van der Waals surface area contributed by atoms with E-state index in [1.165, 1.54) is 22.3 Å². The molecule has 3 N–H and O–H groups in total. The van der Waals surface area contributed by atoms with Gasteiger partial charge in [-0.15, -0.1) is 0 Å². The minimum absolute atomic E-state index is 0.00152. The summed E-state index contributed by atoms with van der Waals surface area (Å²) >= 11 is 0. The van der Waals surface area contributed by atoms with Crippen LogP contribution in [0.25, 0.3) is 11.1 Å². The van der Waals surface area contributed by atoms with Crippen LogP contribution in [0.1, 0.15) is 29.7 Å². The molecule has 1 atom stereocenters. The lowest BCUT2D eigenvalue weighted by molar-refractivity contribution is -0.126. The number of hydrogen-bond acceptors (Lipinski definition) is 3. The number of nitrogens with one attached hydrogen (secondary N) is 1. The summed E-state index contributed by atoms with van der Waals surface area (Å²) in [4.78, 5) is 15.7. The number of benzene rings is 2. The van der Waals surface area contributed by atoms with Crippen LogP contribution in [-0.2, 0) is 16.1 Å². The molecule has 0 aliphatic heterocycles. The van der Waals surface area contributed by atoms with Crippen molar-refractivity contribution in [2.45, 2.75) is 19.4 Å². The summed E-state index contributed by atoms with van der Waals surface area (Å²) in [6.45, 7) is 1.87. The summed E-state index contributed by atoms with van der Waals surface area (Å²) in [6, 6.07) is 14.9. The maximum atomic E-state index is 10.7. The summed E-state index contributed by atoms with van der Waals surface area (Å²) in [6.07, 6.45) is 0.966. The molecule has 0 heterocycles. The second kappa shape index (κ2) is 5.68. The van der Waals surface area contributed by atoms with Crippen molar-refractivity contribution in [2.75, 3.05) is 6.61 Å². The number of hydroxylamine groups is 1. The van der Waals surface area contributed by atoms with Crippen LogP contribution in [0.2, 0.25) is 0 Å². The molecule has 2 aromatic carbocycles. The predicted molar refractivity (Wildman–Crippen MR) is 81.4 cm³/mol. The first-order valence-corrected chi connectivity index (χ1v) is 7.02. The molecule has 1 unspecified atom stereocenters. The third kappa shape index (κ3) is 2.82. The average molecular weight is 282 g/mol. The highest BCUT2D eigenvalue weighted by Gasteiger charge is 2.19. The molecule has 4 nitrogen and oxygen atoms in total. The van der Waals surface area contributed by atoms with Gasteiger partial charge in [0.25, 0.3) is 0 Å². The fourth-order valence-corrected chi connectivity index (χ4v) is 2.74. The Balaban J connectivity index is 1.76. The highest BCUT2D eigenvalue weighted by Crippen LogP contribution is 2.37. The third-order valence-electron chi connectivity index (χ3n) is 3.79. The molecule has 2 aromatic rings. The van der Waals surface area contributed by atoms with Gasteiger partial charge in [0.15, 0.2) is 0 Å². The first-order chi connectivity index (χ1) is 10.1. The van der Waals surface area contributed by atoms with Crippen LogP contribution in [0, 0.1) is 0 Å². The number of nitrogens with two attached hydrogens (primary N) is 1. The van der Waals surface area contributed by atoms with E-state index in [1.807, 2.05) is 6.92 Å². The fraction of sp³-hybridized carbons (Fsp3) is 0.235. The van der Waals surface area contributed by atoms with Gasteiger partial charge in [-0.3, -0.25) is 9.63 Å². The van der Waals surface area contributed by atoms with Crippen molar-refractivity contribution in [3.05, 3.63) is 59.2 Å². The molecule has 108 valence electrons. The molecule has 1 aliphatic carbocycles. The Kier molecular flexibility index (Phi) is 3.73. The van der Waals surface area contributed by atoms with Gasteiger partial charge in [-0.25, -0.2) is 0 Å². The molecule has 3 rings (SSSR count). The van der Waals surface area contributed by atoms with Crippen LogP contribution in [0.15, 0.2) is 42.5 Å². The van der Waals surface area contributed by atoms with E-state index in [4.69, 9.17) is 10.6 Å². The number of carbonyl (C=O) groups is 1. The van der Waals surface area contributed by atoms with E-state index in [9.17, 15) is 4.79 Å². The quantitative estimate of drug-likeness (QED) is 0.706. The third-order valence-corrected chi connectivity index (χ3v) is 3.79. The number of amides is 1. The second-order valence-electron chi connectivity index (χ2n) is 5.35. The highest BCUT2D eigenvalue weighted by atomic mass is 16.6. The molecular formula is C17H18N2O2. The van der Waals surface area contributed by atoms with Gasteiger partial charge in [0.1, 0.15) is 6.61 Å². The van der Waals surface area contributed by atoms with E-state index in [0.717, 1.165) is 12.0 Å². The Morgan fingerprint density at radius 3 is 2.81 bits per heavy atom. The van der Waals surface area contributed by atoms with E-state index in [0.29, 0.717) is 0 Å². The molecular weight excluding hydrogens is 264 g/mol. The Hall–Kier alpha value is -2.17. The first-order valence-electron chi connectivity index (χ1n) is 7.02. The fourth-order valence-electron chi connectivity index (χ4n) is 2.74. The molecule has 0 bridgehead atoms. The maximum Gasteiger partial charge on any atom is 0.245 e. The lowest BCUT2D eigenvalue weighted by Crippen LogP contribution is -2.26. The Morgan fingerprint density at radius 1 is 1.24 bits per heavy atom. The van der Waals surface area contributed by atoms with Crippen molar-refractivity contribution >= 4 is 5.91 Å². The van der Waals surface area contributed by atoms with Gasteiger partial charge in [-0.05, 0) is 41.2 Å². The summed E-state index contributed by atoms with van der Waals surface area (Å²) in [5.41, 5.74) is 14.3. The lowest BCUT2D eigenvalue weighted by atomic mass is 10.0. The second-order valence-corrected chi connectivity index (χ2v) is 5.35. The number of hydrogen-bond donors (Lipinski definition) is 2. The van der Waals surface area contributed by atoms with Gasteiger partial charge < -0.3 is 5.73 Å². The molecule has 21 heavy (non-hydrogen) atoms. The summed E-state index contributed by atoms with van der Waals surface area (Å²) in [5.74, 6) is -0.487. The summed E-state index contributed by atoms with van der Waals surface area (Å²) in [7, 11) is 0. The molecule has 0 radical (unpaired) electrons. The molecule has 4 heteroatoms. The number of fused-ring (bicyclic) bond motifs is 3. The Bertz CT molecular complexity index is 682. The van der Waals surface area contributed by atoms with E-state index in [1.54, 1.807) is 0 Å². The Labute approximate surface area is 123 Å². The zero-order valence-electron chi connectivity index (χ0n) is 11.9. The average Bonchev–Trinajstić information content (AvgIpc) is 2.84. The maximum absolute atomic E-state index is 10.7. The zero-order chi connectivity index (χ0) is 14.8. The largest absolute Gasteiger partial charge is 0.368 e. The monoisotopic (exact) mass is 282 g/mol. The van der Waals surface area contributed by atoms with Gasteiger partial charge in [0.2, 0.25) is 5.91 Å².